The van der Waals surface area contributed by atoms with E-state index in [1.165, 1.54) is 0 Å². The normalized spacial score (nSPS) is 17.4. The summed E-state index contributed by atoms with van der Waals surface area (Å²) in [5.74, 6) is -0.152. The first-order valence-electron chi connectivity index (χ1n) is 11.1. The molecule has 0 saturated carbocycles. The molecule has 6 rings (SSSR count). The van der Waals surface area contributed by atoms with Crippen molar-refractivity contribution >= 4 is 22.6 Å². The maximum Gasteiger partial charge on any atom is 0.289 e. The van der Waals surface area contributed by atoms with E-state index >= 15 is 0 Å². The molecule has 2 aliphatic rings. The maximum atomic E-state index is 12.6. The third-order valence-electron chi connectivity index (χ3n) is 6.56. The molecule has 5 heterocycles. The molecule has 2 saturated heterocycles. The van der Waals surface area contributed by atoms with Gasteiger partial charge in [-0.3, -0.25) is 4.79 Å². The van der Waals surface area contributed by atoms with E-state index in [4.69, 9.17) is 4.74 Å². The van der Waals surface area contributed by atoms with Gasteiger partial charge in [-0.05, 0) is 18.6 Å². The Balaban J connectivity index is 1.20. The maximum absolute atomic E-state index is 12.6. The minimum Gasteiger partial charge on any atom is -0.380 e. The van der Waals surface area contributed by atoms with Gasteiger partial charge in [-0.2, -0.15) is 0 Å². The fraction of sp³-hybridized carbons (Fsp3) is 0.280. The van der Waals surface area contributed by atoms with Crippen molar-refractivity contribution in [3.05, 3.63) is 72.6 Å². The van der Waals surface area contributed by atoms with Crippen molar-refractivity contribution in [3.8, 4) is 11.1 Å². The van der Waals surface area contributed by atoms with Crippen LogP contribution in [0.15, 0.2) is 61.2 Å². The first-order valence-corrected chi connectivity index (χ1v) is 11.1. The molecule has 8 nitrogen and oxygen atoms in total. The number of ether oxygens (including phenoxy) is 1. The number of fused-ring (bicyclic) bond motifs is 1. The summed E-state index contributed by atoms with van der Waals surface area (Å²) >= 11 is 0. The summed E-state index contributed by atoms with van der Waals surface area (Å²) in [7, 11) is 0. The van der Waals surface area contributed by atoms with Gasteiger partial charge in [0.15, 0.2) is 0 Å². The molecule has 2 aliphatic heterocycles. The Labute approximate surface area is 191 Å². The summed E-state index contributed by atoms with van der Waals surface area (Å²) in [4.78, 5) is 31.4. The summed E-state index contributed by atoms with van der Waals surface area (Å²) in [6.45, 7) is 5.67. The SMILES string of the molecule is C[C@@H](NC(=O)c1ncc(-c2c[nH]c3ncc(N4CC5(COC5)C4)cc23)cn1)c1ccccc1. The number of nitrogens with zero attached hydrogens (tertiary/aromatic N) is 4. The van der Waals surface area contributed by atoms with E-state index in [0.717, 1.165) is 59.7 Å². The molecule has 1 spiro atoms. The number of benzene rings is 1. The standard InChI is InChI=1S/C25H24N6O2/c1-16(17-5-3-2-4-6-17)30-24(32)23-26-8-18(9-27-23)21-11-29-22-20(21)7-19(10-28-22)31-12-25(13-31)14-33-15-25/h2-11,16H,12-15H2,1H3,(H,28,29)(H,30,32)/t16-/m1/s1. The van der Waals surface area contributed by atoms with Crippen LogP contribution in [0.4, 0.5) is 5.69 Å². The number of hydrogen-bond donors (Lipinski definition) is 2. The molecular weight excluding hydrogens is 416 g/mol. The Hall–Kier alpha value is -3.78. The van der Waals surface area contributed by atoms with Crippen molar-refractivity contribution in [2.24, 2.45) is 5.41 Å². The van der Waals surface area contributed by atoms with Gasteiger partial charge < -0.3 is 19.9 Å². The van der Waals surface area contributed by atoms with Crippen LogP contribution in [0.2, 0.25) is 0 Å². The number of aromatic nitrogens is 4. The Bertz CT molecular complexity index is 1310. The van der Waals surface area contributed by atoms with Crippen LogP contribution < -0.4 is 10.2 Å². The minimum absolute atomic E-state index is 0.132. The Morgan fingerprint density at radius 3 is 2.58 bits per heavy atom. The van der Waals surface area contributed by atoms with Gasteiger partial charge in [0, 0.05) is 48.2 Å². The number of nitrogens with one attached hydrogen (secondary N) is 2. The summed E-state index contributed by atoms with van der Waals surface area (Å²) in [6.07, 6.45) is 7.20. The zero-order valence-corrected chi connectivity index (χ0v) is 18.3. The fourth-order valence-corrected chi connectivity index (χ4v) is 4.59. The van der Waals surface area contributed by atoms with E-state index in [2.05, 4.69) is 36.2 Å². The molecule has 1 amide bonds. The van der Waals surface area contributed by atoms with E-state index in [1.54, 1.807) is 12.4 Å². The Morgan fingerprint density at radius 2 is 1.88 bits per heavy atom. The summed E-state index contributed by atoms with van der Waals surface area (Å²) in [5, 5.41) is 3.96. The zero-order valence-electron chi connectivity index (χ0n) is 18.3. The predicted octanol–water partition coefficient (Wildman–Crippen LogP) is 3.35. The topological polar surface area (TPSA) is 96.0 Å². The van der Waals surface area contributed by atoms with E-state index in [-0.39, 0.29) is 17.8 Å². The summed E-state index contributed by atoms with van der Waals surface area (Å²) in [6, 6.07) is 11.8. The number of pyridine rings is 1. The third-order valence-corrected chi connectivity index (χ3v) is 6.56. The van der Waals surface area contributed by atoms with Crippen LogP contribution in [-0.4, -0.2) is 52.1 Å². The Morgan fingerprint density at radius 1 is 1.12 bits per heavy atom. The number of anilines is 1. The van der Waals surface area contributed by atoms with Gasteiger partial charge in [-0.1, -0.05) is 30.3 Å². The molecule has 3 aromatic heterocycles. The highest BCUT2D eigenvalue weighted by Crippen LogP contribution is 2.41. The predicted molar refractivity (Wildman–Crippen MR) is 125 cm³/mol. The van der Waals surface area contributed by atoms with Gasteiger partial charge in [-0.15, -0.1) is 0 Å². The van der Waals surface area contributed by atoms with Crippen LogP contribution in [-0.2, 0) is 4.74 Å². The largest absolute Gasteiger partial charge is 0.380 e. The molecule has 0 unspecified atom stereocenters. The molecule has 0 aliphatic carbocycles. The Kier molecular flexibility index (Phi) is 4.62. The lowest BCUT2D eigenvalue weighted by Gasteiger charge is -2.55. The minimum atomic E-state index is -0.299. The van der Waals surface area contributed by atoms with E-state index in [9.17, 15) is 4.79 Å². The van der Waals surface area contributed by atoms with Crippen molar-refractivity contribution in [2.45, 2.75) is 13.0 Å². The second kappa shape index (κ2) is 7.67. The van der Waals surface area contributed by atoms with Crippen LogP contribution >= 0.6 is 0 Å². The first-order chi connectivity index (χ1) is 16.1. The lowest BCUT2D eigenvalue weighted by Crippen LogP contribution is -2.66. The van der Waals surface area contributed by atoms with E-state index in [0.29, 0.717) is 5.41 Å². The highest BCUT2D eigenvalue weighted by molar-refractivity contribution is 5.95. The smallest absolute Gasteiger partial charge is 0.289 e. The summed E-state index contributed by atoms with van der Waals surface area (Å²) < 4.78 is 5.38. The first kappa shape index (κ1) is 19.9. The quantitative estimate of drug-likeness (QED) is 0.494. The van der Waals surface area contributed by atoms with Crippen molar-refractivity contribution < 1.29 is 9.53 Å². The number of hydrogen-bond acceptors (Lipinski definition) is 6. The molecule has 1 atom stereocenters. The lowest BCUT2D eigenvalue weighted by atomic mass is 9.78. The molecule has 0 radical (unpaired) electrons. The second-order valence-electron chi connectivity index (χ2n) is 9.04. The summed E-state index contributed by atoms with van der Waals surface area (Å²) in [5.41, 5.74) is 5.09. The van der Waals surface area contributed by atoms with E-state index in [1.807, 2.05) is 49.6 Å². The van der Waals surface area contributed by atoms with Crippen molar-refractivity contribution in [1.29, 1.82) is 0 Å². The molecular formula is C25H24N6O2. The number of carbonyl (C=O) groups is 1. The van der Waals surface area contributed by atoms with E-state index < -0.39 is 0 Å². The number of rotatable bonds is 5. The van der Waals surface area contributed by atoms with Crippen molar-refractivity contribution in [1.82, 2.24) is 25.3 Å². The highest BCUT2D eigenvalue weighted by Gasteiger charge is 2.49. The van der Waals surface area contributed by atoms with Gasteiger partial charge in [0.05, 0.1) is 36.6 Å². The number of H-pyrrole nitrogens is 1. The lowest BCUT2D eigenvalue weighted by molar-refractivity contribution is -0.127. The number of carbonyl (C=O) groups excluding carboxylic acids is 1. The van der Waals surface area contributed by atoms with Crippen LogP contribution in [0, 0.1) is 5.41 Å². The fourth-order valence-electron chi connectivity index (χ4n) is 4.59. The van der Waals surface area contributed by atoms with Crippen molar-refractivity contribution in [3.63, 3.8) is 0 Å². The zero-order chi connectivity index (χ0) is 22.4. The molecule has 4 aromatic rings. The van der Waals surface area contributed by atoms with Crippen LogP contribution in [0.3, 0.4) is 0 Å². The van der Waals surface area contributed by atoms with Crippen LogP contribution in [0.1, 0.15) is 29.1 Å². The van der Waals surface area contributed by atoms with Crippen LogP contribution in [0.5, 0.6) is 0 Å². The molecule has 33 heavy (non-hydrogen) atoms. The molecule has 0 bridgehead atoms. The van der Waals surface area contributed by atoms with Gasteiger partial charge in [0.25, 0.3) is 5.91 Å². The van der Waals surface area contributed by atoms with Gasteiger partial charge in [0.1, 0.15) is 5.65 Å². The van der Waals surface area contributed by atoms with Crippen molar-refractivity contribution in [2.75, 3.05) is 31.2 Å². The van der Waals surface area contributed by atoms with Gasteiger partial charge in [0.2, 0.25) is 5.82 Å². The molecule has 1 aromatic carbocycles. The second-order valence-corrected chi connectivity index (χ2v) is 9.04. The monoisotopic (exact) mass is 440 g/mol. The molecule has 166 valence electrons. The average Bonchev–Trinajstić information content (AvgIpc) is 3.21. The van der Waals surface area contributed by atoms with Gasteiger partial charge in [-0.25, -0.2) is 15.0 Å². The molecule has 8 heteroatoms. The van der Waals surface area contributed by atoms with Gasteiger partial charge >= 0.3 is 0 Å². The number of aromatic amines is 1. The van der Waals surface area contributed by atoms with Crippen LogP contribution in [0.25, 0.3) is 22.2 Å². The highest BCUT2D eigenvalue weighted by atomic mass is 16.5. The molecule has 2 fully saturated rings. The number of amides is 1. The average molecular weight is 441 g/mol. The molecule has 2 N–H and O–H groups in total. The third kappa shape index (κ3) is 3.52.